The molecule has 0 bridgehead atoms. The summed E-state index contributed by atoms with van der Waals surface area (Å²) in [6.07, 6.45) is 3.87. The molecule has 0 fully saturated rings. The van der Waals surface area contributed by atoms with E-state index >= 15 is 0 Å². The monoisotopic (exact) mass is 363 g/mol. The number of hydrogen-bond donors (Lipinski definition) is 1. The van der Waals surface area contributed by atoms with Gasteiger partial charge in [-0.1, -0.05) is 39.7 Å². The van der Waals surface area contributed by atoms with Gasteiger partial charge in [-0.05, 0) is 36.8 Å². The lowest BCUT2D eigenvalue weighted by molar-refractivity contribution is 0.569. The molecule has 2 heterocycles. The first-order valence-electron chi connectivity index (χ1n) is 6.74. The minimum absolute atomic E-state index is 0.270. The summed E-state index contributed by atoms with van der Waals surface area (Å²) < 4.78 is 3.04. The Morgan fingerprint density at radius 1 is 1.19 bits per heavy atom. The van der Waals surface area contributed by atoms with E-state index in [4.69, 9.17) is 11.6 Å². The number of rotatable bonds is 4. The topological polar surface area (TPSA) is 29.3 Å². The third kappa shape index (κ3) is 3.46. The number of aromatic nitrogens is 2. The van der Waals surface area contributed by atoms with Crippen molar-refractivity contribution in [3.63, 3.8) is 0 Å². The average molecular weight is 365 g/mol. The van der Waals surface area contributed by atoms with Crippen LogP contribution in [0.15, 0.2) is 53.3 Å². The van der Waals surface area contributed by atoms with Gasteiger partial charge in [0.1, 0.15) is 5.65 Å². The molecule has 108 valence electrons. The van der Waals surface area contributed by atoms with E-state index in [1.54, 1.807) is 0 Å². The standard InChI is InChI=1S/C16H15BrClN3/c1-11(12-2-4-13(17)5-3-12)19-8-15-10-21-9-14(18)6-7-16(21)20-15/h2-7,9-11,19H,8H2,1H3/t11-/m0/s1. The Morgan fingerprint density at radius 2 is 1.95 bits per heavy atom. The molecule has 0 amide bonds. The summed E-state index contributed by atoms with van der Waals surface area (Å²) in [7, 11) is 0. The molecular weight excluding hydrogens is 350 g/mol. The number of fused-ring (bicyclic) bond motifs is 1. The van der Waals surface area contributed by atoms with Gasteiger partial charge >= 0.3 is 0 Å². The van der Waals surface area contributed by atoms with Crippen LogP contribution < -0.4 is 5.32 Å². The molecule has 3 nitrogen and oxygen atoms in total. The number of imidazole rings is 1. The van der Waals surface area contributed by atoms with Gasteiger partial charge < -0.3 is 9.72 Å². The van der Waals surface area contributed by atoms with Crippen LogP contribution in [0.5, 0.6) is 0 Å². The van der Waals surface area contributed by atoms with Crippen molar-refractivity contribution in [2.24, 2.45) is 0 Å². The van der Waals surface area contributed by atoms with E-state index in [9.17, 15) is 0 Å². The molecule has 1 atom stereocenters. The van der Waals surface area contributed by atoms with Crippen LogP contribution in [0.3, 0.4) is 0 Å². The molecule has 0 aliphatic carbocycles. The highest BCUT2D eigenvalue weighted by Crippen LogP contribution is 2.17. The highest BCUT2D eigenvalue weighted by molar-refractivity contribution is 9.10. The molecule has 2 aromatic heterocycles. The zero-order chi connectivity index (χ0) is 14.8. The molecule has 0 aliphatic heterocycles. The quantitative estimate of drug-likeness (QED) is 0.733. The minimum Gasteiger partial charge on any atom is -0.305 e. The summed E-state index contributed by atoms with van der Waals surface area (Å²) >= 11 is 9.43. The average Bonchev–Trinajstić information content (AvgIpc) is 2.87. The van der Waals surface area contributed by atoms with Gasteiger partial charge in [-0.2, -0.15) is 0 Å². The van der Waals surface area contributed by atoms with E-state index in [2.05, 4.69) is 57.4 Å². The largest absolute Gasteiger partial charge is 0.305 e. The lowest BCUT2D eigenvalue weighted by Crippen LogP contribution is -2.18. The summed E-state index contributed by atoms with van der Waals surface area (Å²) in [5.74, 6) is 0. The Bertz CT molecular complexity index is 752. The van der Waals surface area contributed by atoms with Crippen molar-refractivity contribution in [1.82, 2.24) is 14.7 Å². The number of pyridine rings is 1. The zero-order valence-corrected chi connectivity index (χ0v) is 13.9. The predicted molar refractivity (Wildman–Crippen MR) is 89.6 cm³/mol. The van der Waals surface area contributed by atoms with E-state index in [1.807, 2.05) is 28.9 Å². The van der Waals surface area contributed by atoms with Crippen molar-refractivity contribution in [2.45, 2.75) is 19.5 Å². The number of nitrogens with zero attached hydrogens (tertiary/aromatic N) is 2. The summed E-state index contributed by atoms with van der Waals surface area (Å²) in [5, 5.41) is 4.20. The van der Waals surface area contributed by atoms with Gasteiger partial charge in [-0.3, -0.25) is 0 Å². The van der Waals surface area contributed by atoms with Crippen molar-refractivity contribution in [3.05, 3.63) is 69.5 Å². The molecule has 0 unspecified atom stereocenters. The van der Waals surface area contributed by atoms with Crippen LogP contribution in [0.4, 0.5) is 0 Å². The third-order valence-corrected chi connectivity index (χ3v) is 4.18. The van der Waals surface area contributed by atoms with Crippen LogP contribution in [-0.2, 0) is 6.54 Å². The van der Waals surface area contributed by atoms with Gasteiger partial charge in [0, 0.05) is 29.5 Å². The predicted octanol–water partition coefficient (Wildman–Crippen LogP) is 4.60. The Morgan fingerprint density at radius 3 is 2.71 bits per heavy atom. The Hall–Kier alpha value is -1.36. The van der Waals surface area contributed by atoms with Crippen molar-refractivity contribution in [1.29, 1.82) is 0 Å². The SMILES string of the molecule is C[C@H](NCc1cn2cc(Cl)ccc2n1)c1ccc(Br)cc1. The van der Waals surface area contributed by atoms with Crippen LogP contribution in [-0.4, -0.2) is 9.38 Å². The Labute approximate surface area is 137 Å². The molecule has 1 aromatic carbocycles. The lowest BCUT2D eigenvalue weighted by Gasteiger charge is -2.13. The molecule has 5 heteroatoms. The fourth-order valence-corrected chi connectivity index (χ4v) is 2.66. The van der Waals surface area contributed by atoms with Gasteiger partial charge in [0.2, 0.25) is 0 Å². The van der Waals surface area contributed by atoms with Crippen molar-refractivity contribution >= 4 is 33.2 Å². The van der Waals surface area contributed by atoms with Gasteiger partial charge in [-0.15, -0.1) is 0 Å². The molecule has 21 heavy (non-hydrogen) atoms. The van der Waals surface area contributed by atoms with Crippen molar-refractivity contribution in [2.75, 3.05) is 0 Å². The van der Waals surface area contributed by atoms with Crippen molar-refractivity contribution < 1.29 is 0 Å². The molecular formula is C16H15BrClN3. The fraction of sp³-hybridized carbons (Fsp3) is 0.188. The smallest absolute Gasteiger partial charge is 0.137 e. The van der Waals surface area contributed by atoms with Gasteiger partial charge in [-0.25, -0.2) is 4.98 Å². The first kappa shape index (κ1) is 14.6. The van der Waals surface area contributed by atoms with E-state index in [0.717, 1.165) is 22.4 Å². The maximum atomic E-state index is 5.98. The number of halogens is 2. The zero-order valence-electron chi connectivity index (χ0n) is 11.6. The number of benzene rings is 1. The molecule has 1 N–H and O–H groups in total. The third-order valence-electron chi connectivity index (χ3n) is 3.42. The van der Waals surface area contributed by atoms with E-state index < -0.39 is 0 Å². The first-order valence-corrected chi connectivity index (χ1v) is 7.91. The second kappa shape index (κ2) is 6.18. The molecule has 0 saturated heterocycles. The highest BCUT2D eigenvalue weighted by atomic mass is 79.9. The summed E-state index contributed by atoms with van der Waals surface area (Å²) in [4.78, 5) is 4.57. The Kier molecular flexibility index (Phi) is 4.29. The minimum atomic E-state index is 0.270. The van der Waals surface area contributed by atoms with Gasteiger partial charge in [0.25, 0.3) is 0 Å². The van der Waals surface area contributed by atoms with E-state index in [0.29, 0.717) is 5.02 Å². The highest BCUT2D eigenvalue weighted by Gasteiger charge is 2.07. The molecule has 0 saturated carbocycles. The second-order valence-corrected chi connectivity index (χ2v) is 6.35. The van der Waals surface area contributed by atoms with Crippen molar-refractivity contribution in [3.8, 4) is 0 Å². The van der Waals surface area contributed by atoms with Crippen LogP contribution in [0.2, 0.25) is 5.02 Å². The molecule has 3 rings (SSSR count). The Balaban J connectivity index is 1.69. The molecule has 0 spiro atoms. The van der Waals surface area contributed by atoms with Gasteiger partial charge in [0.15, 0.2) is 0 Å². The summed E-state index contributed by atoms with van der Waals surface area (Å²) in [5.41, 5.74) is 3.17. The number of nitrogens with one attached hydrogen (secondary N) is 1. The van der Waals surface area contributed by atoms with Crippen LogP contribution in [0.25, 0.3) is 5.65 Å². The number of hydrogen-bond acceptors (Lipinski definition) is 2. The molecule has 3 aromatic rings. The molecule has 0 aliphatic rings. The second-order valence-electron chi connectivity index (χ2n) is 5.00. The van der Waals surface area contributed by atoms with E-state index in [1.165, 1.54) is 5.56 Å². The van der Waals surface area contributed by atoms with Gasteiger partial charge in [0.05, 0.1) is 10.7 Å². The van der Waals surface area contributed by atoms with Crippen LogP contribution >= 0.6 is 27.5 Å². The first-order chi connectivity index (χ1) is 10.1. The van der Waals surface area contributed by atoms with E-state index in [-0.39, 0.29) is 6.04 Å². The fourth-order valence-electron chi connectivity index (χ4n) is 2.23. The maximum absolute atomic E-state index is 5.98. The molecule has 0 radical (unpaired) electrons. The lowest BCUT2D eigenvalue weighted by atomic mass is 10.1. The normalized spacial score (nSPS) is 12.7. The summed E-state index contributed by atoms with van der Waals surface area (Å²) in [6, 6.07) is 12.4. The van der Waals surface area contributed by atoms with Crippen LogP contribution in [0.1, 0.15) is 24.2 Å². The summed E-state index contributed by atoms with van der Waals surface area (Å²) in [6.45, 7) is 2.87. The van der Waals surface area contributed by atoms with Crippen LogP contribution in [0, 0.1) is 0 Å². The maximum Gasteiger partial charge on any atom is 0.137 e.